The van der Waals surface area contributed by atoms with Crippen molar-refractivity contribution in [3.8, 4) is 0 Å². The summed E-state index contributed by atoms with van der Waals surface area (Å²) in [6, 6.07) is 7.07. The predicted octanol–water partition coefficient (Wildman–Crippen LogP) is 1.17. The van der Waals surface area contributed by atoms with Crippen molar-refractivity contribution in [3.63, 3.8) is 0 Å². The third kappa shape index (κ3) is 3.77. The largest absolute Gasteiger partial charge is 0.490 e. The molecule has 0 aliphatic heterocycles. The molecule has 1 aromatic rings. The molecule has 0 saturated carbocycles. The monoisotopic (exact) mass is 289 g/mol. The number of allylic oxidation sites excluding steroid dienone is 1. The number of fused-ring (bicyclic) bond motifs is 1. The van der Waals surface area contributed by atoms with E-state index in [0.29, 0.717) is 23.4 Å². The second-order valence-corrected chi connectivity index (χ2v) is 5.28. The number of rotatable bonds is 6. The number of ether oxygens (including phenoxy) is 1. The van der Waals surface area contributed by atoms with Crippen LogP contribution in [0.3, 0.4) is 0 Å². The molecular weight excluding hydrogens is 270 g/mol. The normalized spacial score (nSPS) is 15.7. The highest BCUT2D eigenvalue weighted by molar-refractivity contribution is 6.50. The average molecular weight is 289 g/mol. The molecule has 0 spiro atoms. The van der Waals surface area contributed by atoms with Gasteiger partial charge < -0.3 is 15.2 Å². The van der Waals surface area contributed by atoms with E-state index in [2.05, 4.69) is 5.32 Å². The van der Waals surface area contributed by atoms with Crippen LogP contribution in [0.15, 0.2) is 30.3 Å². The van der Waals surface area contributed by atoms with Gasteiger partial charge in [-0.05, 0) is 0 Å². The van der Waals surface area contributed by atoms with Crippen LogP contribution >= 0.6 is 0 Å². The fourth-order valence-electron chi connectivity index (χ4n) is 2.03. The number of ketones is 2. The Morgan fingerprint density at radius 1 is 1.19 bits per heavy atom. The molecule has 1 aliphatic carbocycles. The van der Waals surface area contributed by atoms with Gasteiger partial charge >= 0.3 is 0 Å². The molecule has 5 nitrogen and oxygen atoms in total. The van der Waals surface area contributed by atoms with Crippen molar-refractivity contribution in [1.29, 1.82) is 0 Å². The summed E-state index contributed by atoms with van der Waals surface area (Å²) < 4.78 is 5.52. The van der Waals surface area contributed by atoms with Crippen LogP contribution in [0.2, 0.25) is 0 Å². The Kier molecular flexibility index (Phi) is 4.88. The Labute approximate surface area is 123 Å². The number of aliphatic hydroxyl groups is 1. The van der Waals surface area contributed by atoms with Gasteiger partial charge in [-0.15, -0.1) is 0 Å². The maximum Gasteiger partial charge on any atom is 0.233 e. The van der Waals surface area contributed by atoms with Crippen molar-refractivity contribution >= 4 is 17.3 Å². The lowest BCUT2D eigenvalue weighted by atomic mass is 9.94. The highest BCUT2D eigenvalue weighted by Crippen LogP contribution is 2.25. The van der Waals surface area contributed by atoms with Crippen LogP contribution in [0.5, 0.6) is 0 Å². The fourth-order valence-corrected chi connectivity index (χ4v) is 2.03. The summed E-state index contributed by atoms with van der Waals surface area (Å²) in [7, 11) is 0. The highest BCUT2D eigenvalue weighted by atomic mass is 16.5. The van der Waals surface area contributed by atoms with Crippen molar-refractivity contribution in [3.05, 3.63) is 41.5 Å². The smallest absolute Gasteiger partial charge is 0.233 e. The summed E-state index contributed by atoms with van der Waals surface area (Å²) in [5.74, 6) is -0.794. The number of carbonyl (C=O) groups excluding carboxylic acids is 2. The van der Waals surface area contributed by atoms with Gasteiger partial charge in [0.25, 0.3) is 0 Å². The van der Waals surface area contributed by atoms with Crippen molar-refractivity contribution < 1.29 is 19.4 Å². The van der Waals surface area contributed by atoms with Gasteiger partial charge in [0.05, 0.1) is 0 Å². The minimum Gasteiger partial charge on any atom is -0.490 e. The Morgan fingerprint density at radius 3 is 2.52 bits per heavy atom. The van der Waals surface area contributed by atoms with E-state index in [1.54, 1.807) is 24.3 Å². The minimum absolute atomic E-state index is 0.0569. The fraction of sp³-hybridized carbons (Fsp3) is 0.375. The van der Waals surface area contributed by atoms with Crippen LogP contribution in [0.1, 0.15) is 29.8 Å². The van der Waals surface area contributed by atoms with Gasteiger partial charge in [0, 0.05) is 29.8 Å². The molecule has 0 bridgehead atoms. The first kappa shape index (κ1) is 15.4. The molecule has 0 amide bonds. The maximum atomic E-state index is 11.8. The quantitative estimate of drug-likeness (QED) is 0.769. The molecule has 112 valence electrons. The van der Waals surface area contributed by atoms with E-state index in [0.717, 1.165) is 0 Å². The molecule has 0 fully saturated rings. The second kappa shape index (κ2) is 6.65. The molecular formula is C16H19NO4. The standard InChI is InChI=1S/C16H19NO4/c1-10(2)17-8-11(18)9-21-15-7-14(19)16(20)13-6-4-3-5-12(13)15/h3-7,10-11,17-18H,8-9H2,1-2H3/t11-/m0/s1. The van der Waals surface area contributed by atoms with E-state index in [1.807, 2.05) is 13.8 Å². The third-order valence-electron chi connectivity index (χ3n) is 3.12. The second-order valence-electron chi connectivity index (χ2n) is 5.28. The molecule has 0 heterocycles. The van der Waals surface area contributed by atoms with Gasteiger partial charge in [0.1, 0.15) is 18.5 Å². The lowest BCUT2D eigenvalue weighted by molar-refractivity contribution is -0.111. The van der Waals surface area contributed by atoms with E-state index < -0.39 is 17.7 Å². The number of nitrogens with one attached hydrogen (secondary N) is 1. The first-order chi connectivity index (χ1) is 9.99. The Hall–Kier alpha value is -1.98. The van der Waals surface area contributed by atoms with Crippen molar-refractivity contribution in [1.82, 2.24) is 5.32 Å². The molecule has 5 heteroatoms. The topological polar surface area (TPSA) is 75.6 Å². The van der Waals surface area contributed by atoms with Crippen LogP contribution in [-0.2, 0) is 9.53 Å². The number of benzene rings is 1. The third-order valence-corrected chi connectivity index (χ3v) is 3.12. The maximum absolute atomic E-state index is 11.8. The molecule has 0 aromatic heterocycles. The minimum atomic E-state index is -0.687. The Bertz CT molecular complexity index is 577. The number of carbonyl (C=O) groups is 2. The van der Waals surface area contributed by atoms with Gasteiger partial charge in [0.15, 0.2) is 0 Å². The van der Waals surface area contributed by atoms with E-state index in [9.17, 15) is 14.7 Å². The Balaban J connectivity index is 2.05. The van der Waals surface area contributed by atoms with Crippen molar-refractivity contribution in [2.75, 3.05) is 13.2 Å². The summed E-state index contributed by atoms with van der Waals surface area (Å²) >= 11 is 0. The van der Waals surface area contributed by atoms with Crippen LogP contribution in [0.4, 0.5) is 0 Å². The van der Waals surface area contributed by atoms with E-state index >= 15 is 0 Å². The summed E-state index contributed by atoms with van der Waals surface area (Å²) in [5.41, 5.74) is 0.931. The number of hydrogen-bond acceptors (Lipinski definition) is 5. The van der Waals surface area contributed by atoms with E-state index in [4.69, 9.17) is 4.74 Å². The number of Topliss-reactive ketones (excluding diaryl/α,β-unsaturated/α-hetero) is 1. The highest BCUT2D eigenvalue weighted by Gasteiger charge is 2.26. The molecule has 0 saturated heterocycles. The van der Waals surface area contributed by atoms with Crippen LogP contribution in [0.25, 0.3) is 5.76 Å². The van der Waals surface area contributed by atoms with Crippen molar-refractivity contribution in [2.24, 2.45) is 0 Å². The summed E-state index contributed by atoms with van der Waals surface area (Å²) in [6.07, 6.45) is 0.501. The zero-order valence-corrected chi connectivity index (χ0v) is 12.1. The molecule has 2 N–H and O–H groups in total. The average Bonchev–Trinajstić information content (AvgIpc) is 2.47. The lowest BCUT2D eigenvalue weighted by Gasteiger charge is -2.19. The van der Waals surface area contributed by atoms with Gasteiger partial charge in [-0.25, -0.2) is 0 Å². The number of aliphatic hydroxyl groups excluding tert-OH is 1. The summed E-state index contributed by atoms with van der Waals surface area (Å²) in [4.78, 5) is 23.4. The van der Waals surface area contributed by atoms with E-state index in [1.165, 1.54) is 6.08 Å². The first-order valence-electron chi connectivity index (χ1n) is 6.93. The summed E-state index contributed by atoms with van der Waals surface area (Å²) in [5, 5.41) is 12.9. The molecule has 0 unspecified atom stereocenters. The van der Waals surface area contributed by atoms with Gasteiger partial charge in [-0.3, -0.25) is 9.59 Å². The molecule has 2 rings (SSSR count). The van der Waals surface area contributed by atoms with Crippen LogP contribution < -0.4 is 5.32 Å². The molecule has 1 aliphatic rings. The Morgan fingerprint density at radius 2 is 1.86 bits per heavy atom. The van der Waals surface area contributed by atoms with Crippen molar-refractivity contribution in [2.45, 2.75) is 26.0 Å². The molecule has 21 heavy (non-hydrogen) atoms. The van der Waals surface area contributed by atoms with Crippen LogP contribution in [0, 0.1) is 0 Å². The van der Waals surface area contributed by atoms with E-state index in [-0.39, 0.29) is 12.6 Å². The predicted molar refractivity (Wildman–Crippen MR) is 78.9 cm³/mol. The zero-order valence-electron chi connectivity index (χ0n) is 12.1. The van der Waals surface area contributed by atoms with Crippen LogP contribution in [-0.4, -0.2) is 42.0 Å². The van der Waals surface area contributed by atoms with Gasteiger partial charge in [0.2, 0.25) is 11.6 Å². The molecule has 0 radical (unpaired) electrons. The van der Waals surface area contributed by atoms with Gasteiger partial charge in [-0.1, -0.05) is 38.1 Å². The first-order valence-corrected chi connectivity index (χ1v) is 6.93. The summed E-state index contributed by atoms with van der Waals surface area (Å²) in [6.45, 7) is 4.43. The number of hydrogen-bond donors (Lipinski definition) is 2. The molecule has 1 aromatic carbocycles. The SMILES string of the molecule is CC(C)NC[C@H](O)COC1=CC(=O)C(=O)c2ccccc21. The lowest BCUT2D eigenvalue weighted by Crippen LogP contribution is -2.34. The van der Waals surface area contributed by atoms with Gasteiger partial charge in [-0.2, -0.15) is 0 Å². The molecule has 1 atom stereocenters. The zero-order chi connectivity index (χ0) is 15.4.